The lowest BCUT2D eigenvalue weighted by Gasteiger charge is -2.33. The summed E-state index contributed by atoms with van der Waals surface area (Å²) < 4.78 is 134. The first-order chi connectivity index (χ1) is 64.6. The van der Waals surface area contributed by atoms with Gasteiger partial charge in [0.05, 0.1) is 78.3 Å². The Morgan fingerprint density at radius 3 is 1.12 bits per heavy atom. The van der Waals surface area contributed by atoms with E-state index in [9.17, 15) is 43.5 Å². The van der Waals surface area contributed by atoms with Gasteiger partial charge < -0.3 is 124 Å². The summed E-state index contributed by atoms with van der Waals surface area (Å²) in [5.74, 6) is -1.99. The molecule has 5 N–H and O–H groups in total. The highest BCUT2D eigenvalue weighted by atomic mass is 32.5. The van der Waals surface area contributed by atoms with Crippen LogP contribution in [0.2, 0.25) is 0 Å². The third-order valence-electron chi connectivity index (χ3n) is 21.5. The van der Waals surface area contributed by atoms with Gasteiger partial charge in [0.15, 0.2) is 37.9 Å². The number of aromatic amines is 1. The molecule has 4 aliphatic rings. The summed E-state index contributed by atoms with van der Waals surface area (Å²) >= 11 is 19.7. The van der Waals surface area contributed by atoms with Crippen molar-refractivity contribution < 1.29 is 113 Å². The SMILES string of the molecule is [C-]#[N+]CCOP(=S)(CC[C@H]1O[C@@H](n2cc(C)c(=O)[nH]c2=O)C(OCCOC)[C@H]1OC)O[C@@H]1C(OCCOC)[C@H](n2cc(C)c(NC(=O)c3ccccc3)nc2=O)O[C@@H]1CCP(=S)(OCC[N+]#[C-])O[C@@H]1C(OCCOC)[C@H](n2cc(C)c(NC(=O)c3ccccc3)nc2=O)O[C@@H]1COP(=S)(OCC[N+]#[C-])O[C@@H]1C(OCCOC)[C@H](n2cc(C)c(NC(=O)c3ccccc3)nc2=O)O[C@@H]1CO. The number of H-pyrrole nitrogens is 1. The topological polar surface area (TPSA) is 465 Å². The van der Waals surface area contributed by atoms with Crippen LogP contribution in [0, 0.1) is 47.4 Å². The highest BCUT2D eigenvalue weighted by Crippen LogP contribution is 2.59. The highest BCUT2D eigenvalue weighted by Gasteiger charge is 2.56. The fraction of sp³-hybridized carbons (Fsp3) is 0.529. The van der Waals surface area contributed by atoms with Gasteiger partial charge in [0.2, 0.25) is 19.6 Å². The lowest BCUT2D eigenvalue weighted by Crippen LogP contribution is -2.41. The van der Waals surface area contributed by atoms with Crippen LogP contribution in [0.4, 0.5) is 17.5 Å². The zero-order valence-electron chi connectivity index (χ0n) is 74.8. The van der Waals surface area contributed by atoms with Crippen molar-refractivity contribution in [1.29, 1.82) is 0 Å². The lowest BCUT2D eigenvalue weighted by molar-refractivity contribution is -0.0839. The molecule has 4 aromatic heterocycles. The zero-order valence-corrected chi connectivity index (χ0v) is 79.9. The predicted molar refractivity (Wildman–Crippen MR) is 494 cm³/mol. The van der Waals surface area contributed by atoms with Crippen molar-refractivity contribution in [3.05, 3.63) is 241 Å². The molecule has 43 nitrogen and oxygen atoms in total. The van der Waals surface area contributed by atoms with Crippen molar-refractivity contribution >= 4 is 90.3 Å². The Labute approximate surface area is 786 Å². The number of methoxy groups -OCH3 is 5. The van der Waals surface area contributed by atoms with Crippen molar-refractivity contribution in [3.63, 3.8) is 0 Å². The van der Waals surface area contributed by atoms with Gasteiger partial charge in [0, 0.05) is 112 Å². The van der Waals surface area contributed by atoms with Crippen LogP contribution in [-0.4, -0.2) is 288 Å². The third-order valence-corrected chi connectivity index (χ3v) is 30.0. The quantitative estimate of drug-likeness (QED) is 0.0152. The summed E-state index contributed by atoms with van der Waals surface area (Å²) in [5.41, 5.74) is -2.47. The molecule has 4 fully saturated rings. The maximum absolute atomic E-state index is 15.0. The number of ether oxygens (including phenoxy) is 13. The Kier molecular flexibility index (Phi) is 40.0. The summed E-state index contributed by atoms with van der Waals surface area (Å²) in [4.78, 5) is 137. The van der Waals surface area contributed by atoms with Crippen LogP contribution in [0.25, 0.3) is 14.5 Å². The Balaban J connectivity index is 0.999. The molecule has 0 saturated carbocycles. The fourth-order valence-corrected chi connectivity index (χ4v) is 22.4. The van der Waals surface area contributed by atoms with E-state index in [0.29, 0.717) is 5.56 Å². The molecule has 19 atom stereocenters. The summed E-state index contributed by atoms with van der Waals surface area (Å²) in [5, 5.41) is 19.4. The number of anilines is 3. The molecule has 11 rings (SSSR count). The second kappa shape index (κ2) is 50.9. The van der Waals surface area contributed by atoms with Crippen molar-refractivity contribution in [2.24, 2.45) is 0 Å². The molecule has 7 aromatic rings. The van der Waals surface area contributed by atoms with Gasteiger partial charge in [-0.05, 0) is 112 Å². The first-order valence-corrected chi connectivity index (χ1v) is 50.6. The van der Waals surface area contributed by atoms with Crippen LogP contribution in [0.5, 0.6) is 0 Å². The number of carbonyl (C=O) groups is 3. The van der Waals surface area contributed by atoms with Crippen molar-refractivity contribution in [2.45, 2.75) is 139 Å². The van der Waals surface area contributed by atoms with E-state index in [4.69, 9.17) is 148 Å². The van der Waals surface area contributed by atoms with E-state index < -0.39 is 184 Å². The number of nitrogens with one attached hydrogen (secondary N) is 4. The minimum atomic E-state index is -4.49. The summed E-state index contributed by atoms with van der Waals surface area (Å²) in [6.07, 6.45) is -17.2. The van der Waals surface area contributed by atoms with Crippen LogP contribution in [0.1, 0.15) is 91.1 Å². The van der Waals surface area contributed by atoms with Gasteiger partial charge in [-0.2, -0.15) is 15.0 Å². The third kappa shape index (κ3) is 27.5. The minimum Gasteiger partial charge on any atom is -0.394 e. The van der Waals surface area contributed by atoms with Crippen LogP contribution < -0.4 is 44.3 Å². The summed E-state index contributed by atoms with van der Waals surface area (Å²) in [6, 6.07) is 24.6. The van der Waals surface area contributed by atoms with E-state index in [2.05, 4.69) is 50.4 Å². The number of carbonyl (C=O) groups excluding carboxylic acids is 3. The molecule has 3 aromatic carbocycles. The molecular formula is C85H107N14O29P3S3. The first kappa shape index (κ1) is 105. The van der Waals surface area contributed by atoms with E-state index >= 15 is 0 Å². The molecule has 4 saturated heterocycles. The molecule has 0 aliphatic carbocycles. The van der Waals surface area contributed by atoms with Gasteiger partial charge in [0.25, 0.3) is 23.3 Å². The molecular weight excluding hydrogens is 1870 g/mol. The number of amides is 3. The maximum atomic E-state index is 15.0. The van der Waals surface area contributed by atoms with Crippen molar-refractivity contribution in [1.82, 2.24) is 38.2 Å². The average Bonchev–Trinajstić information content (AvgIpc) is 1.62. The second-order valence-corrected chi connectivity index (χ2v) is 41.2. The molecule has 134 heavy (non-hydrogen) atoms. The molecule has 8 heterocycles. The van der Waals surface area contributed by atoms with Crippen LogP contribution in [0.15, 0.2) is 140 Å². The predicted octanol–water partition coefficient (Wildman–Crippen LogP) is 6.62. The average molecular weight is 1980 g/mol. The Morgan fingerprint density at radius 2 is 0.754 bits per heavy atom. The molecule has 3 amide bonds. The van der Waals surface area contributed by atoms with Gasteiger partial charge in [-0.3, -0.25) is 47.0 Å². The number of aryl methyl sites for hydroxylation is 4. The molecule has 49 heteroatoms. The standard InChI is InChI=1S/C85H107N14O29P3S3/c1-52-46-96(82(105)92-71(52)89-75(102)56-22-16-13-17-23-56)79-68(115-41-37-110-9)64(126-129(132,118-33-30-86-5)44-28-59-63(113-12)67(114-40-36-109-8)78(122-59)99-49-55(4)74(101)95-85(99)108)60(123-79)29-45-130(133,119-34-31-87-6)127-66-62(125-81(70(66)117-43-39-112-11)98-48-54(3)73(94-84(98)107)91-77(104)58-26-20-15-21-27-58)51-121-131(134,120-35-32-88-7)128-65-61(50-100)124-80(69(65)116-42-38-111-10)97-47-53(2)72(93-83(97)106)90-76(103)57-24-18-14-19-25-57/h13-27,46-49,59-70,78-81,100H,28-45,50-51H2,1-4,8-12H3,(H,95,101,108)(H,89,92,102,105)(H,90,93,103,106)(H,91,94,104,107)/t59-,60-,61-,62-,63+,64+,65+,66+,67?,68?,69?,70?,78-,79-,80-,81-,129?,130?,131?/m1/s1. The molecule has 724 valence electrons. The van der Waals surface area contributed by atoms with E-state index in [-0.39, 0.29) is 162 Å². The number of nitrogens with zero attached hydrogens (tertiary/aromatic N) is 10. The largest absolute Gasteiger partial charge is 0.394 e. The Bertz CT molecular complexity index is 5740. The van der Waals surface area contributed by atoms with E-state index in [1.165, 1.54) is 71.8 Å². The molecule has 0 spiro atoms. The number of hydrogen-bond donors (Lipinski definition) is 5. The van der Waals surface area contributed by atoms with E-state index in [1.807, 2.05) is 0 Å². The summed E-state index contributed by atoms with van der Waals surface area (Å²) in [6.45, 7) is 13.3. The molecule has 0 radical (unpaired) electrons. The number of aliphatic hydroxyl groups is 1. The van der Waals surface area contributed by atoms with Crippen molar-refractivity contribution in [3.8, 4) is 0 Å². The minimum absolute atomic E-state index is 0.0130. The van der Waals surface area contributed by atoms with Crippen LogP contribution in [-0.2, 0) is 129 Å². The van der Waals surface area contributed by atoms with Gasteiger partial charge in [0.1, 0.15) is 98.3 Å². The van der Waals surface area contributed by atoms with Crippen LogP contribution >= 0.6 is 19.7 Å². The first-order valence-electron chi connectivity index (χ1n) is 42.4. The Morgan fingerprint density at radius 1 is 0.425 bits per heavy atom. The maximum Gasteiger partial charge on any atom is 0.351 e. The Hall–Kier alpha value is -9.03. The number of benzene rings is 3. The lowest BCUT2D eigenvalue weighted by atomic mass is 10.1. The monoisotopic (exact) mass is 1980 g/mol. The van der Waals surface area contributed by atoms with Crippen molar-refractivity contribution in [2.75, 3.05) is 169 Å². The molecule has 7 unspecified atom stereocenters. The number of aliphatic hydroxyl groups excluding tert-OH is 1. The molecule has 0 bridgehead atoms. The number of hydrogen-bond acceptors (Lipinski definition) is 35. The highest BCUT2D eigenvalue weighted by molar-refractivity contribution is 8.10. The van der Waals surface area contributed by atoms with Gasteiger partial charge in [-0.15, -0.1) is 0 Å². The van der Waals surface area contributed by atoms with E-state index in [1.54, 1.807) is 112 Å². The fourth-order valence-electron chi connectivity index (χ4n) is 14.9. The second-order valence-electron chi connectivity index (χ2n) is 30.6. The van der Waals surface area contributed by atoms with Gasteiger partial charge >= 0.3 is 29.5 Å². The number of aromatic nitrogens is 8. The van der Waals surface area contributed by atoms with Gasteiger partial charge in [-0.1, -0.05) is 54.6 Å². The normalized spacial score (nSPS) is 24.0. The smallest absolute Gasteiger partial charge is 0.351 e. The number of rotatable bonds is 52. The summed E-state index contributed by atoms with van der Waals surface area (Å²) in [7, 11) is 7.18. The van der Waals surface area contributed by atoms with Crippen LogP contribution in [0.3, 0.4) is 0 Å². The van der Waals surface area contributed by atoms with Gasteiger partial charge in [-0.25, -0.2) is 38.9 Å². The molecule has 4 aliphatic heterocycles. The van der Waals surface area contributed by atoms with E-state index in [0.717, 1.165) is 13.7 Å². The zero-order chi connectivity index (χ0) is 96.2.